The molecule has 0 radical (unpaired) electrons. The minimum absolute atomic E-state index is 0.334. The average Bonchev–Trinajstić information content (AvgIpc) is 2.85. The summed E-state index contributed by atoms with van der Waals surface area (Å²) in [5, 5.41) is 2.74. The largest absolute Gasteiger partial charge is 0.305 e. The zero-order valence-corrected chi connectivity index (χ0v) is 12.3. The Kier molecular flexibility index (Phi) is 3.58. The van der Waals surface area contributed by atoms with E-state index in [1.54, 1.807) is 18.3 Å². The number of nitrogens with one attached hydrogen (secondary N) is 1. The molecule has 6 heteroatoms. The van der Waals surface area contributed by atoms with Gasteiger partial charge in [-0.3, -0.25) is 9.20 Å². The molecule has 0 fully saturated rings. The van der Waals surface area contributed by atoms with Crippen molar-refractivity contribution in [2.24, 2.45) is 0 Å². The molecule has 0 spiro atoms. The fourth-order valence-corrected chi connectivity index (χ4v) is 2.33. The van der Waals surface area contributed by atoms with Crippen molar-refractivity contribution < 1.29 is 9.18 Å². The highest BCUT2D eigenvalue weighted by Gasteiger charge is 2.19. The molecule has 3 aromatic rings. The fraction of sp³-hybridized carbons (Fsp3) is 0.188. The van der Waals surface area contributed by atoms with E-state index in [0.29, 0.717) is 29.3 Å². The van der Waals surface area contributed by atoms with Gasteiger partial charge in [0.15, 0.2) is 0 Å². The van der Waals surface area contributed by atoms with Gasteiger partial charge in [-0.15, -0.1) is 0 Å². The van der Waals surface area contributed by atoms with Gasteiger partial charge in [-0.25, -0.2) is 14.4 Å². The zero-order chi connectivity index (χ0) is 15.7. The number of carbonyl (C=O) groups excluding carboxylic acids is 1. The summed E-state index contributed by atoms with van der Waals surface area (Å²) >= 11 is 0. The van der Waals surface area contributed by atoms with E-state index < -0.39 is 5.82 Å². The molecule has 3 rings (SSSR count). The molecule has 1 amide bonds. The van der Waals surface area contributed by atoms with E-state index >= 15 is 0 Å². The molecule has 0 aliphatic heterocycles. The highest BCUT2D eigenvalue weighted by Crippen LogP contribution is 2.16. The van der Waals surface area contributed by atoms with Gasteiger partial charge in [0.1, 0.15) is 23.0 Å². The molecule has 3 aromatic heterocycles. The van der Waals surface area contributed by atoms with Gasteiger partial charge in [0.25, 0.3) is 5.91 Å². The van der Waals surface area contributed by atoms with Gasteiger partial charge in [-0.2, -0.15) is 0 Å². The number of fused-ring (bicyclic) bond motifs is 1. The number of aryl methyl sites for hydroxylation is 2. The Morgan fingerprint density at radius 3 is 2.91 bits per heavy atom. The molecular formula is C16H15FN4O. The van der Waals surface area contributed by atoms with Crippen LogP contribution in [0.5, 0.6) is 0 Å². The lowest BCUT2D eigenvalue weighted by Crippen LogP contribution is -2.17. The Morgan fingerprint density at radius 2 is 2.18 bits per heavy atom. The average molecular weight is 298 g/mol. The van der Waals surface area contributed by atoms with Gasteiger partial charge in [0, 0.05) is 12.4 Å². The number of hydrogen-bond donors (Lipinski definition) is 1. The summed E-state index contributed by atoms with van der Waals surface area (Å²) in [6.45, 7) is 3.82. The third-order valence-electron chi connectivity index (χ3n) is 3.36. The molecule has 1 N–H and O–H groups in total. The van der Waals surface area contributed by atoms with E-state index in [1.807, 2.05) is 19.9 Å². The maximum atomic E-state index is 13.5. The van der Waals surface area contributed by atoms with Crippen molar-refractivity contribution in [2.75, 3.05) is 5.32 Å². The minimum Gasteiger partial charge on any atom is -0.305 e. The van der Waals surface area contributed by atoms with Crippen molar-refractivity contribution in [2.45, 2.75) is 20.3 Å². The number of aromatic nitrogens is 3. The molecule has 0 aliphatic carbocycles. The Hall–Kier alpha value is -2.76. The van der Waals surface area contributed by atoms with Crippen LogP contribution in [-0.4, -0.2) is 20.3 Å². The van der Waals surface area contributed by atoms with Crippen LogP contribution in [0.1, 0.15) is 28.7 Å². The molecule has 0 unspecified atom stereocenters. The van der Waals surface area contributed by atoms with E-state index in [0.717, 1.165) is 5.56 Å². The third-order valence-corrected chi connectivity index (χ3v) is 3.36. The Morgan fingerprint density at radius 1 is 1.36 bits per heavy atom. The smallest absolute Gasteiger partial charge is 0.275 e. The number of rotatable bonds is 3. The normalized spacial score (nSPS) is 10.9. The Labute approximate surface area is 126 Å². The maximum Gasteiger partial charge on any atom is 0.275 e. The number of hydrogen-bond acceptors (Lipinski definition) is 3. The number of nitrogens with zero attached hydrogens (tertiary/aromatic N) is 3. The van der Waals surface area contributed by atoms with Gasteiger partial charge in [0.05, 0.1) is 5.69 Å². The monoisotopic (exact) mass is 298 g/mol. The standard InChI is InChI=1S/C16H15FN4O/c1-3-12-15(21-9-11(17)4-5-14(21)19-12)16(22)20-13-8-10(2)6-7-18-13/h4-9H,3H2,1-2H3,(H,18,20,22). The second-order valence-corrected chi connectivity index (χ2v) is 5.01. The molecule has 22 heavy (non-hydrogen) atoms. The predicted molar refractivity (Wildman–Crippen MR) is 81.5 cm³/mol. The van der Waals surface area contributed by atoms with Gasteiger partial charge in [-0.1, -0.05) is 6.92 Å². The van der Waals surface area contributed by atoms with Crippen LogP contribution in [0.4, 0.5) is 10.2 Å². The Balaban J connectivity index is 2.04. The van der Waals surface area contributed by atoms with Crippen LogP contribution in [0.2, 0.25) is 0 Å². The summed E-state index contributed by atoms with van der Waals surface area (Å²) in [5.41, 5.74) is 2.49. The van der Waals surface area contributed by atoms with Crippen LogP contribution in [0.25, 0.3) is 5.65 Å². The minimum atomic E-state index is -0.421. The molecule has 0 bridgehead atoms. The summed E-state index contributed by atoms with van der Waals surface area (Å²) in [6, 6.07) is 6.49. The van der Waals surface area contributed by atoms with Gasteiger partial charge in [0.2, 0.25) is 0 Å². The lowest BCUT2D eigenvalue weighted by atomic mass is 10.2. The number of carbonyl (C=O) groups is 1. The predicted octanol–water partition coefficient (Wildman–Crippen LogP) is 2.99. The highest BCUT2D eigenvalue weighted by molar-refractivity contribution is 6.04. The quantitative estimate of drug-likeness (QED) is 0.808. The van der Waals surface area contributed by atoms with Crippen molar-refractivity contribution in [3.63, 3.8) is 0 Å². The van der Waals surface area contributed by atoms with Crippen LogP contribution < -0.4 is 5.32 Å². The number of pyridine rings is 2. The van der Waals surface area contributed by atoms with Crippen LogP contribution in [-0.2, 0) is 6.42 Å². The van der Waals surface area contributed by atoms with Gasteiger partial charge < -0.3 is 5.32 Å². The van der Waals surface area contributed by atoms with E-state index in [-0.39, 0.29) is 5.91 Å². The van der Waals surface area contributed by atoms with Crippen molar-refractivity contribution in [3.8, 4) is 0 Å². The van der Waals surface area contributed by atoms with Crippen molar-refractivity contribution in [3.05, 3.63) is 59.4 Å². The van der Waals surface area contributed by atoms with E-state index in [2.05, 4.69) is 15.3 Å². The topological polar surface area (TPSA) is 59.3 Å². The number of imidazole rings is 1. The molecule has 5 nitrogen and oxygen atoms in total. The SMILES string of the molecule is CCc1nc2ccc(F)cn2c1C(=O)Nc1cc(C)ccn1. The van der Waals surface area contributed by atoms with Crippen LogP contribution in [0.3, 0.4) is 0 Å². The molecule has 0 saturated heterocycles. The second kappa shape index (κ2) is 5.55. The number of halogens is 1. The summed E-state index contributed by atoms with van der Waals surface area (Å²) in [6.07, 6.45) is 3.47. The second-order valence-electron chi connectivity index (χ2n) is 5.01. The maximum absolute atomic E-state index is 13.5. The summed E-state index contributed by atoms with van der Waals surface area (Å²) in [5.74, 6) is -0.318. The molecule has 0 saturated carbocycles. The van der Waals surface area contributed by atoms with E-state index in [1.165, 1.54) is 16.7 Å². The van der Waals surface area contributed by atoms with Gasteiger partial charge in [-0.05, 0) is 43.2 Å². The van der Waals surface area contributed by atoms with E-state index in [9.17, 15) is 9.18 Å². The molecule has 3 heterocycles. The third kappa shape index (κ3) is 2.55. The first-order valence-corrected chi connectivity index (χ1v) is 6.99. The number of amides is 1. The van der Waals surface area contributed by atoms with Gasteiger partial charge >= 0.3 is 0 Å². The first kappa shape index (κ1) is 14.2. The summed E-state index contributed by atoms with van der Waals surface area (Å²) in [4.78, 5) is 21.0. The molecular weight excluding hydrogens is 283 g/mol. The first-order valence-electron chi connectivity index (χ1n) is 6.99. The van der Waals surface area contributed by atoms with Crippen LogP contribution in [0, 0.1) is 12.7 Å². The molecule has 0 aliphatic rings. The molecule has 112 valence electrons. The zero-order valence-electron chi connectivity index (χ0n) is 12.3. The van der Waals surface area contributed by atoms with Crippen LogP contribution >= 0.6 is 0 Å². The Bertz CT molecular complexity index is 856. The van der Waals surface area contributed by atoms with Crippen molar-refractivity contribution >= 4 is 17.4 Å². The summed E-state index contributed by atoms with van der Waals surface area (Å²) < 4.78 is 15.0. The fourth-order valence-electron chi connectivity index (χ4n) is 2.33. The van der Waals surface area contributed by atoms with E-state index in [4.69, 9.17) is 0 Å². The highest BCUT2D eigenvalue weighted by atomic mass is 19.1. The number of anilines is 1. The van der Waals surface area contributed by atoms with Crippen LogP contribution in [0.15, 0.2) is 36.7 Å². The lowest BCUT2D eigenvalue weighted by Gasteiger charge is -2.06. The molecule has 0 atom stereocenters. The van der Waals surface area contributed by atoms with Crippen molar-refractivity contribution in [1.82, 2.24) is 14.4 Å². The first-order chi connectivity index (χ1) is 10.6. The summed E-state index contributed by atoms with van der Waals surface area (Å²) in [7, 11) is 0. The van der Waals surface area contributed by atoms with Crippen molar-refractivity contribution in [1.29, 1.82) is 0 Å². The lowest BCUT2D eigenvalue weighted by molar-refractivity contribution is 0.102. The molecule has 0 aromatic carbocycles.